The molecule has 0 aliphatic rings. The lowest BCUT2D eigenvalue weighted by atomic mass is 9.94. The molecule has 28 heavy (non-hydrogen) atoms. The highest BCUT2D eigenvalue weighted by Gasteiger charge is 2.21. The van der Waals surface area contributed by atoms with Crippen LogP contribution in [-0.4, -0.2) is 50.2 Å². The fraction of sp³-hybridized carbons (Fsp3) is 0.913. The molecule has 0 amide bonds. The Kier molecular flexibility index (Phi) is 17.3. The van der Waals surface area contributed by atoms with Gasteiger partial charge < -0.3 is 14.4 Å². The minimum absolute atomic E-state index is 0.0169. The van der Waals surface area contributed by atoms with Crippen molar-refractivity contribution in [3.05, 3.63) is 0 Å². The second kappa shape index (κ2) is 18.0. The van der Waals surface area contributed by atoms with E-state index < -0.39 is 6.10 Å². The maximum absolute atomic E-state index is 12.5. The quantitative estimate of drug-likeness (QED) is 0.229. The van der Waals surface area contributed by atoms with Gasteiger partial charge in [-0.25, -0.2) is 0 Å². The van der Waals surface area contributed by atoms with E-state index in [0.717, 1.165) is 38.6 Å². The number of ether oxygens (including phenoxy) is 2. The molecule has 0 N–H and O–H groups in total. The van der Waals surface area contributed by atoms with Gasteiger partial charge in [0.05, 0.1) is 5.92 Å². The Balaban J connectivity index is 4.24. The van der Waals surface area contributed by atoms with Crippen molar-refractivity contribution in [1.29, 1.82) is 0 Å². The van der Waals surface area contributed by atoms with Crippen LogP contribution in [0, 0.1) is 5.92 Å². The summed E-state index contributed by atoms with van der Waals surface area (Å²) in [7, 11) is 3.96. The molecule has 1 atom stereocenters. The topological polar surface area (TPSA) is 55.8 Å². The molecule has 0 saturated heterocycles. The lowest BCUT2D eigenvalue weighted by Crippen LogP contribution is -2.26. The van der Waals surface area contributed by atoms with Crippen LogP contribution in [0.5, 0.6) is 0 Å². The molecule has 0 aromatic rings. The molecule has 0 rings (SSSR count). The predicted molar refractivity (Wildman–Crippen MR) is 115 cm³/mol. The molecule has 0 aromatic heterocycles. The first-order valence-electron chi connectivity index (χ1n) is 11.4. The molecule has 0 fully saturated rings. The van der Waals surface area contributed by atoms with E-state index in [0.29, 0.717) is 6.42 Å². The zero-order valence-electron chi connectivity index (χ0n) is 19.1. The first-order valence-corrected chi connectivity index (χ1v) is 11.4. The van der Waals surface area contributed by atoms with Gasteiger partial charge in [-0.15, -0.1) is 0 Å². The van der Waals surface area contributed by atoms with Crippen molar-refractivity contribution in [2.75, 3.05) is 27.2 Å². The Hall–Kier alpha value is -1.10. The third kappa shape index (κ3) is 15.9. The van der Waals surface area contributed by atoms with E-state index in [1.807, 2.05) is 19.0 Å². The van der Waals surface area contributed by atoms with Crippen LogP contribution in [0.1, 0.15) is 97.8 Å². The predicted octanol–water partition coefficient (Wildman–Crippen LogP) is 5.36. The van der Waals surface area contributed by atoms with Gasteiger partial charge in [0.2, 0.25) is 0 Å². The number of hydrogen-bond donors (Lipinski definition) is 0. The standard InChI is InChI=1S/C23H45NO4/c1-6-8-10-12-15-21(16-13-11-9-7-2)23(26)27-19-20(3)28-22(25)17-14-18-24(4)5/h20-21H,6-19H2,1-5H3. The molecule has 0 bridgehead atoms. The number of carbonyl (C=O) groups is 2. The van der Waals surface area contributed by atoms with Gasteiger partial charge in [0.1, 0.15) is 12.7 Å². The molecule has 5 heteroatoms. The fourth-order valence-corrected chi connectivity index (χ4v) is 3.19. The van der Waals surface area contributed by atoms with Gasteiger partial charge in [-0.05, 0) is 46.8 Å². The van der Waals surface area contributed by atoms with E-state index in [1.165, 1.54) is 38.5 Å². The average Bonchev–Trinajstić information content (AvgIpc) is 2.64. The number of unbranched alkanes of at least 4 members (excludes halogenated alkanes) is 6. The second-order valence-corrected chi connectivity index (χ2v) is 8.23. The van der Waals surface area contributed by atoms with E-state index in [-0.39, 0.29) is 24.5 Å². The van der Waals surface area contributed by atoms with E-state index in [1.54, 1.807) is 6.92 Å². The van der Waals surface area contributed by atoms with Crippen molar-refractivity contribution < 1.29 is 19.1 Å². The summed E-state index contributed by atoms with van der Waals surface area (Å²) in [5.74, 6) is -0.360. The number of hydrogen-bond acceptors (Lipinski definition) is 5. The largest absolute Gasteiger partial charge is 0.462 e. The van der Waals surface area contributed by atoms with Gasteiger partial charge >= 0.3 is 11.9 Å². The Morgan fingerprint density at radius 2 is 1.43 bits per heavy atom. The SMILES string of the molecule is CCCCCCC(CCCCCC)C(=O)OCC(C)OC(=O)CCCN(C)C. The lowest BCUT2D eigenvalue weighted by molar-refractivity contribution is -0.160. The summed E-state index contributed by atoms with van der Waals surface area (Å²) < 4.78 is 10.9. The third-order valence-corrected chi connectivity index (χ3v) is 4.92. The summed E-state index contributed by atoms with van der Waals surface area (Å²) in [5.41, 5.74) is 0. The van der Waals surface area contributed by atoms with E-state index in [4.69, 9.17) is 9.47 Å². The zero-order chi connectivity index (χ0) is 21.2. The van der Waals surface area contributed by atoms with E-state index in [9.17, 15) is 9.59 Å². The maximum Gasteiger partial charge on any atom is 0.309 e. The van der Waals surface area contributed by atoms with Gasteiger partial charge in [0, 0.05) is 6.42 Å². The first kappa shape index (κ1) is 26.9. The zero-order valence-corrected chi connectivity index (χ0v) is 19.1. The summed E-state index contributed by atoms with van der Waals surface area (Å²) in [6.45, 7) is 7.18. The van der Waals surface area contributed by atoms with Crippen molar-refractivity contribution >= 4 is 11.9 Å². The molecule has 0 aromatic carbocycles. The Morgan fingerprint density at radius 1 is 0.857 bits per heavy atom. The molecular formula is C23H45NO4. The maximum atomic E-state index is 12.5. The highest BCUT2D eigenvalue weighted by molar-refractivity contribution is 5.72. The van der Waals surface area contributed by atoms with Crippen LogP contribution in [0.2, 0.25) is 0 Å². The molecule has 5 nitrogen and oxygen atoms in total. The summed E-state index contributed by atoms with van der Waals surface area (Å²) in [4.78, 5) is 26.4. The van der Waals surface area contributed by atoms with E-state index in [2.05, 4.69) is 13.8 Å². The van der Waals surface area contributed by atoms with Gasteiger partial charge in [-0.2, -0.15) is 0 Å². The summed E-state index contributed by atoms with van der Waals surface area (Å²) in [5, 5.41) is 0. The van der Waals surface area contributed by atoms with Gasteiger partial charge in [0.25, 0.3) is 0 Å². The van der Waals surface area contributed by atoms with Crippen molar-refractivity contribution in [2.24, 2.45) is 5.92 Å². The Labute approximate surface area is 173 Å². The van der Waals surface area contributed by atoms with Gasteiger partial charge in [-0.3, -0.25) is 9.59 Å². The molecule has 1 unspecified atom stereocenters. The highest BCUT2D eigenvalue weighted by Crippen LogP contribution is 2.20. The minimum atomic E-state index is -0.392. The molecular weight excluding hydrogens is 354 g/mol. The van der Waals surface area contributed by atoms with Crippen LogP contribution >= 0.6 is 0 Å². The van der Waals surface area contributed by atoms with Crippen molar-refractivity contribution in [1.82, 2.24) is 4.90 Å². The number of carbonyl (C=O) groups excluding carboxylic acids is 2. The van der Waals surface area contributed by atoms with Crippen molar-refractivity contribution in [3.63, 3.8) is 0 Å². The number of nitrogens with zero attached hydrogens (tertiary/aromatic N) is 1. The average molecular weight is 400 g/mol. The van der Waals surface area contributed by atoms with Crippen LogP contribution < -0.4 is 0 Å². The van der Waals surface area contributed by atoms with Crippen molar-refractivity contribution in [2.45, 2.75) is 104 Å². The second-order valence-electron chi connectivity index (χ2n) is 8.23. The minimum Gasteiger partial charge on any atom is -0.462 e. The van der Waals surface area contributed by atoms with Crippen LogP contribution in [0.4, 0.5) is 0 Å². The molecule has 166 valence electrons. The molecule has 0 saturated carbocycles. The third-order valence-electron chi connectivity index (χ3n) is 4.92. The molecule has 0 radical (unpaired) electrons. The monoisotopic (exact) mass is 399 g/mol. The lowest BCUT2D eigenvalue weighted by Gasteiger charge is -2.18. The Morgan fingerprint density at radius 3 is 1.93 bits per heavy atom. The van der Waals surface area contributed by atoms with Gasteiger partial charge in [-0.1, -0.05) is 65.2 Å². The molecule has 0 aliphatic heterocycles. The smallest absolute Gasteiger partial charge is 0.309 e. The van der Waals surface area contributed by atoms with Crippen molar-refractivity contribution in [3.8, 4) is 0 Å². The normalized spacial score (nSPS) is 12.4. The molecule has 0 aliphatic carbocycles. The molecule has 0 heterocycles. The van der Waals surface area contributed by atoms with Crippen LogP contribution in [-0.2, 0) is 19.1 Å². The fourth-order valence-electron chi connectivity index (χ4n) is 3.19. The number of rotatable bonds is 18. The van der Waals surface area contributed by atoms with E-state index >= 15 is 0 Å². The highest BCUT2D eigenvalue weighted by atomic mass is 16.6. The van der Waals surface area contributed by atoms with Gasteiger partial charge in [0.15, 0.2) is 0 Å². The number of esters is 2. The summed E-state index contributed by atoms with van der Waals surface area (Å²) in [6.07, 6.45) is 11.9. The summed E-state index contributed by atoms with van der Waals surface area (Å²) in [6, 6.07) is 0. The Bertz CT molecular complexity index is 386. The first-order chi connectivity index (χ1) is 13.4. The van der Waals surface area contributed by atoms with Crippen LogP contribution in [0.15, 0.2) is 0 Å². The van der Waals surface area contributed by atoms with Crippen LogP contribution in [0.25, 0.3) is 0 Å². The molecule has 0 spiro atoms. The van der Waals surface area contributed by atoms with Crippen LogP contribution in [0.3, 0.4) is 0 Å². The summed E-state index contributed by atoms with van der Waals surface area (Å²) >= 11 is 0.